The Labute approximate surface area is 235 Å². The van der Waals surface area contributed by atoms with E-state index in [0.29, 0.717) is 34.1 Å². The number of nitrogens with zero attached hydrogens (tertiary/aromatic N) is 5. The maximum absolute atomic E-state index is 12.8. The molecule has 1 aromatic carbocycles. The normalized spacial score (nSPS) is 22.9. The molecule has 0 unspecified atom stereocenters. The van der Waals surface area contributed by atoms with Crippen molar-refractivity contribution in [3.63, 3.8) is 0 Å². The minimum atomic E-state index is -0.181. The summed E-state index contributed by atoms with van der Waals surface area (Å²) in [6.07, 6.45) is 8.07. The Morgan fingerprint density at radius 1 is 1.05 bits per heavy atom. The van der Waals surface area contributed by atoms with E-state index >= 15 is 0 Å². The van der Waals surface area contributed by atoms with Crippen molar-refractivity contribution in [1.29, 1.82) is 5.26 Å². The van der Waals surface area contributed by atoms with Gasteiger partial charge < -0.3 is 25.2 Å². The van der Waals surface area contributed by atoms with Crippen molar-refractivity contribution in [3.8, 4) is 11.8 Å². The lowest BCUT2D eigenvalue weighted by Crippen LogP contribution is -2.50. The molecule has 1 saturated carbocycles. The predicted octanol–water partition coefficient (Wildman–Crippen LogP) is 3.77. The third-order valence-electron chi connectivity index (χ3n) is 8.51. The van der Waals surface area contributed by atoms with Crippen LogP contribution in [0.3, 0.4) is 0 Å². The van der Waals surface area contributed by atoms with E-state index in [1.165, 1.54) is 12.8 Å². The molecule has 2 N–H and O–H groups in total. The second-order valence-electron chi connectivity index (χ2n) is 11.0. The Kier molecular flexibility index (Phi) is 9.17. The van der Waals surface area contributed by atoms with E-state index in [2.05, 4.69) is 43.7 Å². The topological polar surface area (TPSA) is 106 Å². The molecular weight excluding hydrogens is 514 g/mol. The lowest BCUT2D eigenvalue weighted by Gasteiger charge is -2.42. The highest BCUT2D eigenvalue weighted by Gasteiger charge is 2.29. The van der Waals surface area contributed by atoms with Gasteiger partial charge >= 0.3 is 0 Å². The Hall–Kier alpha value is -2.93. The predicted molar refractivity (Wildman–Crippen MR) is 151 cm³/mol. The minimum absolute atomic E-state index is 0.0600. The fourth-order valence-electron chi connectivity index (χ4n) is 6.07. The van der Waals surface area contributed by atoms with Crippen molar-refractivity contribution in [2.45, 2.75) is 75.6 Å². The summed E-state index contributed by atoms with van der Waals surface area (Å²) >= 11 is 6.12. The monoisotopic (exact) mass is 551 g/mol. The second-order valence-corrected chi connectivity index (χ2v) is 11.4. The van der Waals surface area contributed by atoms with E-state index in [0.717, 1.165) is 70.5 Å². The van der Waals surface area contributed by atoms with Crippen molar-refractivity contribution in [2.75, 3.05) is 38.1 Å². The minimum Gasteiger partial charge on any atom is -0.490 e. The fourth-order valence-corrected chi connectivity index (χ4v) is 6.28. The number of nitriles is 1. The van der Waals surface area contributed by atoms with E-state index in [-0.39, 0.29) is 18.1 Å². The zero-order chi connectivity index (χ0) is 27.2. The third-order valence-corrected chi connectivity index (χ3v) is 8.82. The van der Waals surface area contributed by atoms with Gasteiger partial charge in [-0.2, -0.15) is 5.26 Å². The molecule has 3 aliphatic rings. The Bertz CT molecular complexity index is 1150. The number of amides is 1. The van der Waals surface area contributed by atoms with Gasteiger partial charge in [-0.25, -0.2) is 0 Å². The van der Waals surface area contributed by atoms with E-state index < -0.39 is 0 Å². The quantitative estimate of drug-likeness (QED) is 0.535. The van der Waals surface area contributed by atoms with Gasteiger partial charge in [-0.3, -0.25) is 4.79 Å². The number of hydrogen-bond donors (Lipinski definition) is 2. The van der Waals surface area contributed by atoms with Crippen LogP contribution >= 0.6 is 11.6 Å². The highest BCUT2D eigenvalue weighted by molar-refractivity contribution is 6.31. The molecule has 1 amide bonds. The van der Waals surface area contributed by atoms with Crippen LogP contribution in [0.1, 0.15) is 67.4 Å². The van der Waals surface area contributed by atoms with Gasteiger partial charge in [0, 0.05) is 37.3 Å². The van der Waals surface area contributed by atoms with Crippen LogP contribution < -0.4 is 20.3 Å². The molecule has 10 heteroatoms. The zero-order valence-electron chi connectivity index (χ0n) is 22.6. The van der Waals surface area contributed by atoms with E-state index in [1.807, 2.05) is 6.07 Å². The maximum Gasteiger partial charge on any atom is 0.272 e. The number of carbonyl (C=O) groups excluding carboxylic acids is 1. The number of halogens is 1. The van der Waals surface area contributed by atoms with Crippen LogP contribution in [0.15, 0.2) is 30.3 Å². The highest BCUT2D eigenvalue weighted by Crippen LogP contribution is 2.28. The summed E-state index contributed by atoms with van der Waals surface area (Å²) < 4.78 is 6.06. The molecule has 208 valence electrons. The molecule has 3 heterocycles. The van der Waals surface area contributed by atoms with Gasteiger partial charge in [0.25, 0.3) is 5.91 Å². The molecule has 0 spiro atoms. The van der Waals surface area contributed by atoms with Crippen LogP contribution in [0.25, 0.3) is 0 Å². The number of ether oxygens (including phenoxy) is 1. The third kappa shape index (κ3) is 6.99. The number of anilines is 1. The fraction of sp³-hybridized carbons (Fsp3) is 0.586. The van der Waals surface area contributed by atoms with Gasteiger partial charge in [-0.05, 0) is 95.8 Å². The summed E-state index contributed by atoms with van der Waals surface area (Å²) in [7, 11) is 2.29. The number of aromatic nitrogens is 2. The van der Waals surface area contributed by atoms with Crippen molar-refractivity contribution >= 4 is 23.3 Å². The van der Waals surface area contributed by atoms with Crippen LogP contribution in [-0.2, 0) is 0 Å². The molecule has 0 atom stereocenters. The first kappa shape index (κ1) is 27.6. The molecule has 1 aliphatic carbocycles. The van der Waals surface area contributed by atoms with Crippen molar-refractivity contribution < 1.29 is 9.53 Å². The van der Waals surface area contributed by atoms with Gasteiger partial charge in [-0.15, -0.1) is 10.2 Å². The molecule has 9 nitrogen and oxygen atoms in total. The van der Waals surface area contributed by atoms with Crippen molar-refractivity contribution in [3.05, 3.63) is 46.6 Å². The van der Waals surface area contributed by atoms with Crippen molar-refractivity contribution in [1.82, 2.24) is 25.7 Å². The largest absolute Gasteiger partial charge is 0.490 e. The molecule has 0 bridgehead atoms. The Morgan fingerprint density at radius 3 is 2.41 bits per heavy atom. The van der Waals surface area contributed by atoms with Gasteiger partial charge in [-0.1, -0.05) is 11.6 Å². The first-order valence-electron chi connectivity index (χ1n) is 14.2. The highest BCUT2D eigenvalue weighted by atomic mass is 35.5. The summed E-state index contributed by atoms with van der Waals surface area (Å²) in [6, 6.07) is 12.3. The molecule has 1 aromatic heterocycles. The van der Waals surface area contributed by atoms with Crippen molar-refractivity contribution in [2.24, 2.45) is 0 Å². The SMILES string of the molecule is CN(C1CCNCC1)C1CCN(c2ccc(C(=O)N[C@H]3CC[C@H](Oc4ccc(C#N)c(Cl)c4)CC3)nn2)CC1. The van der Waals surface area contributed by atoms with Gasteiger partial charge in [0.2, 0.25) is 0 Å². The molecule has 0 radical (unpaired) electrons. The molecule has 3 fully saturated rings. The van der Waals surface area contributed by atoms with E-state index in [1.54, 1.807) is 24.3 Å². The zero-order valence-corrected chi connectivity index (χ0v) is 23.4. The molecular formula is C29H38ClN7O2. The lowest BCUT2D eigenvalue weighted by molar-refractivity contribution is 0.0888. The smallest absolute Gasteiger partial charge is 0.272 e. The number of piperidine rings is 2. The van der Waals surface area contributed by atoms with Crippen LogP contribution in [0.2, 0.25) is 5.02 Å². The van der Waals surface area contributed by atoms with E-state index in [4.69, 9.17) is 21.6 Å². The Balaban J connectivity index is 1.05. The molecule has 2 saturated heterocycles. The standard InChI is InChI=1S/C29H38ClN7O2/c1-36(22-10-14-32-15-11-22)23-12-16-37(17-13-23)28-9-8-27(34-35-28)29(38)33-21-3-6-24(7-4-21)39-25-5-2-20(19-31)26(30)18-25/h2,5,8-9,18,21-24,32H,3-4,6-7,10-17H2,1H3,(H,33,38)/t21-,24-. The van der Waals surface area contributed by atoms with Gasteiger partial charge in [0.15, 0.2) is 11.5 Å². The summed E-state index contributed by atoms with van der Waals surface area (Å²) in [5.74, 6) is 1.33. The number of nitrogens with one attached hydrogen (secondary N) is 2. The molecule has 39 heavy (non-hydrogen) atoms. The van der Waals surface area contributed by atoms with Crippen LogP contribution in [0, 0.1) is 11.3 Å². The number of rotatable bonds is 7. The first-order valence-corrected chi connectivity index (χ1v) is 14.6. The van der Waals surface area contributed by atoms with Crippen LogP contribution in [0.5, 0.6) is 5.75 Å². The molecule has 5 rings (SSSR count). The van der Waals surface area contributed by atoms with Crippen LogP contribution in [0.4, 0.5) is 5.82 Å². The lowest BCUT2D eigenvalue weighted by atomic mass is 9.93. The second kappa shape index (κ2) is 12.9. The van der Waals surface area contributed by atoms with Gasteiger partial charge in [0.1, 0.15) is 11.8 Å². The average Bonchev–Trinajstić information content (AvgIpc) is 2.98. The van der Waals surface area contributed by atoms with E-state index in [9.17, 15) is 4.79 Å². The average molecular weight is 552 g/mol. The number of hydrogen-bond acceptors (Lipinski definition) is 8. The number of benzene rings is 1. The Morgan fingerprint density at radius 2 is 1.77 bits per heavy atom. The molecule has 2 aliphatic heterocycles. The first-order chi connectivity index (χ1) is 19.0. The summed E-state index contributed by atoms with van der Waals surface area (Å²) in [5, 5.41) is 24.6. The number of carbonyl (C=O) groups is 1. The van der Waals surface area contributed by atoms with Gasteiger partial charge in [0.05, 0.1) is 16.7 Å². The summed E-state index contributed by atoms with van der Waals surface area (Å²) in [6.45, 7) is 4.16. The molecule has 2 aromatic rings. The van der Waals surface area contributed by atoms with Crippen LogP contribution in [-0.4, -0.2) is 78.5 Å². The maximum atomic E-state index is 12.8. The summed E-state index contributed by atoms with van der Waals surface area (Å²) in [4.78, 5) is 17.7. The summed E-state index contributed by atoms with van der Waals surface area (Å²) in [5.41, 5.74) is 0.789.